The fourth-order valence-electron chi connectivity index (χ4n) is 1.58. The van der Waals surface area contributed by atoms with Gasteiger partial charge in [-0.25, -0.2) is 0 Å². The zero-order chi connectivity index (χ0) is 10.1. The van der Waals surface area contributed by atoms with Crippen molar-refractivity contribution in [1.82, 2.24) is 20.3 Å². The lowest BCUT2D eigenvalue weighted by Crippen LogP contribution is -2.44. The molecule has 0 saturated carbocycles. The first-order valence-electron chi connectivity index (χ1n) is 4.61. The van der Waals surface area contributed by atoms with Crippen molar-refractivity contribution < 1.29 is 4.79 Å². The molecule has 14 heavy (non-hydrogen) atoms. The molecule has 6 nitrogen and oxygen atoms in total. The molecule has 0 spiro atoms. The summed E-state index contributed by atoms with van der Waals surface area (Å²) in [5.74, 6) is -0.0290. The summed E-state index contributed by atoms with van der Waals surface area (Å²) in [6, 6.07) is -0.441. The number of aromatic amines is 1. The predicted octanol–water partition coefficient (Wildman–Crippen LogP) is -0.963. The molecular formula is C8H13N5O. The smallest absolute Gasteiger partial charge is 0.239 e. The summed E-state index contributed by atoms with van der Waals surface area (Å²) in [5.41, 5.74) is 7.34. The highest BCUT2D eigenvalue weighted by atomic mass is 16.2. The van der Waals surface area contributed by atoms with Gasteiger partial charge in [0, 0.05) is 13.0 Å². The van der Waals surface area contributed by atoms with E-state index in [0.717, 1.165) is 17.8 Å². The summed E-state index contributed by atoms with van der Waals surface area (Å²) < 4.78 is 0. The number of carbonyl (C=O) groups excluding carboxylic acids is 1. The van der Waals surface area contributed by atoms with Gasteiger partial charge >= 0.3 is 0 Å². The van der Waals surface area contributed by atoms with Crippen LogP contribution in [0.3, 0.4) is 0 Å². The Bertz CT molecular complexity index is 345. The summed E-state index contributed by atoms with van der Waals surface area (Å²) >= 11 is 0. The molecule has 0 aliphatic carbocycles. The normalized spacial score (nSPS) is 17.7. The average molecular weight is 195 g/mol. The van der Waals surface area contributed by atoms with Gasteiger partial charge in [-0.05, 0) is 6.92 Å². The van der Waals surface area contributed by atoms with Crippen molar-refractivity contribution in [3.63, 3.8) is 0 Å². The molecule has 0 bridgehead atoms. The molecule has 1 aliphatic heterocycles. The molecule has 0 unspecified atom stereocenters. The number of nitrogens with zero attached hydrogens (tertiary/aromatic N) is 3. The van der Waals surface area contributed by atoms with E-state index in [1.54, 1.807) is 11.8 Å². The topological polar surface area (TPSA) is 87.9 Å². The highest BCUT2D eigenvalue weighted by molar-refractivity contribution is 5.81. The molecule has 1 aliphatic rings. The van der Waals surface area contributed by atoms with Gasteiger partial charge in [0.25, 0.3) is 0 Å². The van der Waals surface area contributed by atoms with E-state index >= 15 is 0 Å². The standard InChI is InChI=1S/C8H13N5O/c1-5(9)8(14)13-3-2-6-7(4-13)11-12-10-6/h5H,2-4,9H2,1H3,(H,10,11,12)/t5-/m0/s1. The van der Waals surface area contributed by atoms with Crippen LogP contribution in [-0.4, -0.2) is 38.8 Å². The van der Waals surface area contributed by atoms with E-state index in [9.17, 15) is 4.79 Å². The summed E-state index contributed by atoms with van der Waals surface area (Å²) in [4.78, 5) is 13.3. The molecule has 3 N–H and O–H groups in total. The molecule has 0 fully saturated rings. The van der Waals surface area contributed by atoms with Crippen molar-refractivity contribution in [3.05, 3.63) is 11.4 Å². The minimum absolute atomic E-state index is 0.0290. The Balaban J connectivity index is 2.11. The zero-order valence-corrected chi connectivity index (χ0v) is 8.03. The minimum Gasteiger partial charge on any atom is -0.335 e. The number of rotatable bonds is 1. The molecule has 1 aromatic heterocycles. The van der Waals surface area contributed by atoms with E-state index < -0.39 is 6.04 Å². The van der Waals surface area contributed by atoms with Gasteiger partial charge in [-0.3, -0.25) is 4.79 Å². The van der Waals surface area contributed by atoms with Gasteiger partial charge in [0.15, 0.2) is 0 Å². The highest BCUT2D eigenvalue weighted by Gasteiger charge is 2.24. The Morgan fingerprint density at radius 2 is 2.29 bits per heavy atom. The van der Waals surface area contributed by atoms with Crippen molar-refractivity contribution in [2.45, 2.75) is 25.9 Å². The molecule has 1 aromatic rings. The molecular weight excluding hydrogens is 182 g/mol. The maximum Gasteiger partial charge on any atom is 0.239 e. The minimum atomic E-state index is -0.441. The number of nitrogens with two attached hydrogens (primary N) is 1. The molecule has 0 radical (unpaired) electrons. The Morgan fingerprint density at radius 1 is 1.57 bits per heavy atom. The van der Waals surface area contributed by atoms with E-state index in [1.165, 1.54) is 0 Å². The number of carbonyl (C=O) groups is 1. The van der Waals surface area contributed by atoms with Gasteiger partial charge in [0.05, 0.1) is 18.3 Å². The van der Waals surface area contributed by atoms with E-state index in [2.05, 4.69) is 15.4 Å². The lowest BCUT2D eigenvalue weighted by molar-refractivity contribution is -0.133. The monoisotopic (exact) mass is 195 g/mol. The van der Waals surface area contributed by atoms with Crippen LogP contribution in [0.1, 0.15) is 18.3 Å². The van der Waals surface area contributed by atoms with Crippen molar-refractivity contribution >= 4 is 5.91 Å². The average Bonchev–Trinajstić information content (AvgIpc) is 2.62. The number of H-pyrrole nitrogens is 1. The van der Waals surface area contributed by atoms with Crippen LogP contribution in [0.5, 0.6) is 0 Å². The second-order valence-electron chi connectivity index (χ2n) is 3.52. The van der Waals surface area contributed by atoms with Gasteiger partial charge in [-0.2, -0.15) is 15.4 Å². The summed E-state index contributed by atoms with van der Waals surface area (Å²) in [6.07, 6.45) is 0.754. The zero-order valence-electron chi connectivity index (χ0n) is 8.03. The number of amides is 1. The van der Waals surface area contributed by atoms with Gasteiger partial charge in [0.2, 0.25) is 5.91 Å². The molecule has 2 rings (SSSR count). The first kappa shape index (κ1) is 9.14. The number of fused-ring (bicyclic) bond motifs is 1. The van der Waals surface area contributed by atoms with Crippen molar-refractivity contribution in [3.8, 4) is 0 Å². The lowest BCUT2D eigenvalue weighted by Gasteiger charge is -2.26. The largest absolute Gasteiger partial charge is 0.335 e. The summed E-state index contributed by atoms with van der Waals surface area (Å²) in [6.45, 7) is 2.90. The van der Waals surface area contributed by atoms with E-state index in [-0.39, 0.29) is 5.91 Å². The molecule has 76 valence electrons. The van der Waals surface area contributed by atoms with Crippen molar-refractivity contribution in [1.29, 1.82) is 0 Å². The first-order valence-corrected chi connectivity index (χ1v) is 4.61. The third kappa shape index (κ3) is 1.48. The second-order valence-corrected chi connectivity index (χ2v) is 3.52. The fourth-order valence-corrected chi connectivity index (χ4v) is 1.58. The van der Waals surface area contributed by atoms with Crippen molar-refractivity contribution in [2.24, 2.45) is 5.73 Å². The first-order chi connectivity index (χ1) is 6.68. The number of nitrogens with one attached hydrogen (secondary N) is 1. The van der Waals surface area contributed by atoms with Crippen LogP contribution in [-0.2, 0) is 17.8 Å². The summed E-state index contributed by atoms with van der Waals surface area (Å²) in [7, 11) is 0. The van der Waals surface area contributed by atoms with E-state index in [0.29, 0.717) is 13.1 Å². The molecule has 1 amide bonds. The third-order valence-corrected chi connectivity index (χ3v) is 2.36. The third-order valence-electron chi connectivity index (χ3n) is 2.36. The Kier molecular flexibility index (Phi) is 2.20. The van der Waals surface area contributed by atoms with Crippen LogP contribution in [0, 0.1) is 0 Å². The summed E-state index contributed by atoms with van der Waals surface area (Å²) in [5, 5.41) is 10.5. The predicted molar refractivity (Wildman–Crippen MR) is 49.2 cm³/mol. The van der Waals surface area contributed by atoms with Crippen LogP contribution < -0.4 is 5.73 Å². The van der Waals surface area contributed by atoms with E-state index in [1.807, 2.05) is 0 Å². The molecule has 2 heterocycles. The maximum atomic E-state index is 11.6. The fraction of sp³-hybridized carbons (Fsp3) is 0.625. The van der Waals surface area contributed by atoms with Crippen LogP contribution in [0.25, 0.3) is 0 Å². The lowest BCUT2D eigenvalue weighted by atomic mass is 10.1. The Labute approximate surface area is 81.5 Å². The van der Waals surface area contributed by atoms with Gasteiger partial charge in [-0.15, -0.1) is 0 Å². The maximum absolute atomic E-state index is 11.6. The SMILES string of the molecule is C[C@H](N)C(=O)N1CCc2n[nH]nc2C1. The Hall–Kier alpha value is -1.43. The molecule has 0 saturated heterocycles. The highest BCUT2D eigenvalue weighted by Crippen LogP contribution is 2.14. The van der Waals surface area contributed by atoms with Gasteiger partial charge < -0.3 is 10.6 Å². The second kappa shape index (κ2) is 3.38. The van der Waals surface area contributed by atoms with Crippen LogP contribution in [0.2, 0.25) is 0 Å². The molecule has 0 aromatic carbocycles. The van der Waals surface area contributed by atoms with Gasteiger partial charge in [0.1, 0.15) is 5.69 Å². The molecule has 1 atom stereocenters. The number of hydrogen-bond donors (Lipinski definition) is 2. The molecule has 6 heteroatoms. The van der Waals surface area contributed by atoms with Crippen LogP contribution >= 0.6 is 0 Å². The van der Waals surface area contributed by atoms with Crippen molar-refractivity contribution in [2.75, 3.05) is 6.54 Å². The van der Waals surface area contributed by atoms with Gasteiger partial charge in [-0.1, -0.05) is 0 Å². The van der Waals surface area contributed by atoms with Crippen LogP contribution in [0.4, 0.5) is 0 Å². The quantitative estimate of drug-likeness (QED) is 0.604. The van der Waals surface area contributed by atoms with E-state index in [4.69, 9.17) is 5.73 Å². The number of aromatic nitrogens is 3. The Morgan fingerprint density at radius 3 is 3.00 bits per heavy atom. The van der Waals surface area contributed by atoms with Crippen LogP contribution in [0.15, 0.2) is 0 Å². The number of hydrogen-bond acceptors (Lipinski definition) is 4.